The number of nitrogens with zero attached hydrogens (tertiary/aromatic N) is 1. The topological polar surface area (TPSA) is 29.4 Å². The highest BCUT2D eigenvalue weighted by atomic mass is 16.2. The predicted octanol–water partition coefficient (Wildman–Crippen LogP) is 1.29. The number of hydrogen-bond acceptors (Lipinski definition) is 2. The first-order valence-electron chi connectivity index (χ1n) is 1.35. The maximum Gasteiger partial charge on any atom is 0.0672 e. The summed E-state index contributed by atoms with van der Waals surface area (Å²) < 4.78 is 0. The van der Waals surface area contributed by atoms with Crippen molar-refractivity contribution in [2.75, 3.05) is 0 Å². The minimum absolute atomic E-state index is 1.19. The monoisotopic (exact) mass is 71.0 g/mol. The first kappa shape index (κ1) is 4.34. The molecule has 0 radical (unpaired) electrons. The summed E-state index contributed by atoms with van der Waals surface area (Å²) in [5, 5.41) is 2.42. The second-order valence-electron chi connectivity index (χ2n) is 0.588. The number of allylic oxidation sites excluding steroid dienone is 1. The second-order valence-corrected chi connectivity index (χ2v) is 0.588. The third kappa shape index (κ3) is 3.34. The summed E-state index contributed by atoms with van der Waals surface area (Å²) in [5.41, 5.74) is 0. The zero-order valence-corrected chi connectivity index (χ0v) is 3.01. The lowest BCUT2D eigenvalue weighted by atomic mass is 10.7. The van der Waals surface area contributed by atoms with E-state index in [2.05, 4.69) is 5.18 Å². The van der Waals surface area contributed by atoms with Crippen LogP contribution in [0.5, 0.6) is 0 Å². The van der Waals surface area contributed by atoms with Gasteiger partial charge in [0.2, 0.25) is 0 Å². The van der Waals surface area contributed by atoms with Gasteiger partial charge in [-0.25, -0.2) is 0 Å². The molecule has 0 heterocycles. The third-order valence-corrected chi connectivity index (χ3v) is 0.210. The summed E-state index contributed by atoms with van der Waals surface area (Å²) in [7, 11) is 0. The molecule has 0 aliphatic carbocycles. The average molecular weight is 71.1 g/mol. The first-order valence-corrected chi connectivity index (χ1v) is 1.35. The van der Waals surface area contributed by atoms with Crippen molar-refractivity contribution in [3.05, 3.63) is 17.2 Å². The average Bonchev–Trinajstić information content (AvgIpc) is 1.41. The van der Waals surface area contributed by atoms with E-state index in [0.717, 1.165) is 0 Å². The Morgan fingerprint density at radius 2 is 2.40 bits per heavy atom. The third-order valence-electron chi connectivity index (χ3n) is 0.210. The van der Waals surface area contributed by atoms with Gasteiger partial charge in [0.05, 0.1) is 6.20 Å². The van der Waals surface area contributed by atoms with Crippen LogP contribution in [0.1, 0.15) is 6.92 Å². The number of hydrogen-bond donors (Lipinski definition) is 0. The summed E-state index contributed by atoms with van der Waals surface area (Å²) in [4.78, 5) is 9.07. The molecule has 0 unspecified atom stereocenters. The van der Waals surface area contributed by atoms with Gasteiger partial charge in [-0.15, -0.1) is 4.91 Å². The van der Waals surface area contributed by atoms with Gasteiger partial charge in [0, 0.05) is 0 Å². The fourth-order valence-corrected chi connectivity index (χ4v) is 0.0609. The molecule has 0 spiro atoms. The van der Waals surface area contributed by atoms with Gasteiger partial charge in [-0.05, 0) is 12.1 Å². The van der Waals surface area contributed by atoms with E-state index in [1.54, 1.807) is 13.0 Å². The minimum Gasteiger partial charge on any atom is -0.145 e. The Labute approximate surface area is 30.5 Å². The number of rotatable bonds is 1. The Balaban J connectivity index is 2.92. The normalized spacial score (nSPS) is 9.00. The predicted molar refractivity (Wildman–Crippen MR) is 20.6 cm³/mol. The van der Waals surface area contributed by atoms with Crippen molar-refractivity contribution in [3.63, 3.8) is 0 Å². The van der Waals surface area contributed by atoms with E-state index in [0.29, 0.717) is 0 Å². The smallest absolute Gasteiger partial charge is 0.0672 e. The van der Waals surface area contributed by atoms with Crippen LogP contribution in [-0.2, 0) is 0 Å². The summed E-state index contributed by atoms with van der Waals surface area (Å²) >= 11 is 0. The molecule has 0 aromatic carbocycles. The van der Waals surface area contributed by atoms with Crippen LogP contribution in [0.2, 0.25) is 0 Å². The zero-order chi connectivity index (χ0) is 4.12. The van der Waals surface area contributed by atoms with Crippen molar-refractivity contribution in [2.45, 2.75) is 6.92 Å². The van der Waals surface area contributed by atoms with Gasteiger partial charge in [0.15, 0.2) is 0 Å². The maximum absolute atomic E-state index is 9.07. The Kier molecular flexibility index (Phi) is 2.90. The van der Waals surface area contributed by atoms with Crippen molar-refractivity contribution in [2.24, 2.45) is 5.18 Å². The molecule has 2 heteroatoms. The quantitative estimate of drug-likeness (QED) is 0.428. The second kappa shape index (κ2) is 3.34. The minimum atomic E-state index is 1.19. The number of nitroso groups, excluding NO2 is 1. The summed E-state index contributed by atoms with van der Waals surface area (Å²) in [5.74, 6) is 0. The van der Waals surface area contributed by atoms with Crippen LogP contribution in [-0.4, -0.2) is 0 Å². The first-order chi connectivity index (χ1) is 2.41. The standard InChI is InChI=1S/C3H5NO/c1-2-3-4-5/h2-3H,1H3/b3-2-. The molecule has 0 saturated carbocycles. The summed E-state index contributed by atoms with van der Waals surface area (Å²) in [6, 6.07) is 0. The molecular formula is C3H5NO. The Hall–Kier alpha value is -0.660. The van der Waals surface area contributed by atoms with Gasteiger partial charge in [0.1, 0.15) is 0 Å². The highest BCUT2D eigenvalue weighted by Crippen LogP contribution is 1.64. The molecular weight excluding hydrogens is 66.0 g/mol. The van der Waals surface area contributed by atoms with Crippen LogP contribution in [0.15, 0.2) is 17.5 Å². The molecule has 0 N–H and O–H groups in total. The largest absolute Gasteiger partial charge is 0.145 e. The molecule has 2 nitrogen and oxygen atoms in total. The Morgan fingerprint density at radius 3 is 2.40 bits per heavy atom. The summed E-state index contributed by atoms with van der Waals surface area (Å²) in [6.07, 6.45) is 2.77. The van der Waals surface area contributed by atoms with Crippen LogP contribution in [0.4, 0.5) is 0 Å². The molecule has 0 saturated heterocycles. The van der Waals surface area contributed by atoms with E-state index in [1.807, 2.05) is 0 Å². The van der Waals surface area contributed by atoms with Crippen molar-refractivity contribution >= 4 is 0 Å². The van der Waals surface area contributed by atoms with Gasteiger partial charge < -0.3 is 0 Å². The highest BCUT2D eigenvalue weighted by Gasteiger charge is 1.47. The SMILES string of the molecule is C/C=C\N=O. The van der Waals surface area contributed by atoms with Crippen molar-refractivity contribution in [1.82, 2.24) is 0 Å². The molecule has 0 aromatic heterocycles. The van der Waals surface area contributed by atoms with Gasteiger partial charge in [-0.1, -0.05) is 6.08 Å². The maximum atomic E-state index is 9.07. The van der Waals surface area contributed by atoms with Gasteiger partial charge in [-0.2, -0.15) is 0 Å². The fourth-order valence-electron chi connectivity index (χ4n) is 0.0609. The van der Waals surface area contributed by atoms with Crippen LogP contribution < -0.4 is 0 Å². The Bertz CT molecular complexity index is 48.9. The van der Waals surface area contributed by atoms with Crippen LogP contribution in [0.25, 0.3) is 0 Å². The van der Waals surface area contributed by atoms with E-state index in [-0.39, 0.29) is 0 Å². The molecule has 0 amide bonds. The lowest BCUT2D eigenvalue weighted by Crippen LogP contribution is -1.33. The van der Waals surface area contributed by atoms with Gasteiger partial charge in [-0.3, -0.25) is 0 Å². The van der Waals surface area contributed by atoms with Crippen LogP contribution in [0.3, 0.4) is 0 Å². The van der Waals surface area contributed by atoms with Crippen molar-refractivity contribution < 1.29 is 0 Å². The lowest BCUT2D eigenvalue weighted by molar-refractivity contribution is 1.50. The summed E-state index contributed by atoms with van der Waals surface area (Å²) in [6.45, 7) is 1.74. The fraction of sp³-hybridized carbons (Fsp3) is 0.333. The molecule has 0 rings (SSSR count). The van der Waals surface area contributed by atoms with E-state index in [4.69, 9.17) is 4.91 Å². The highest BCUT2D eigenvalue weighted by molar-refractivity contribution is 4.71. The molecule has 0 aliphatic rings. The molecule has 0 aliphatic heterocycles. The molecule has 0 atom stereocenters. The Morgan fingerprint density at radius 1 is 1.80 bits per heavy atom. The molecule has 28 valence electrons. The zero-order valence-electron chi connectivity index (χ0n) is 3.01. The van der Waals surface area contributed by atoms with E-state index in [9.17, 15) is 0 Å². The van der Waals surface area contributed by atoms with Crippen molar-refractivity contribution in [3.8, 4) is 0 Å². The van der Waals surface area contributed by atoms with Crippen molar-refractivity contribution in [1.29, 1.82) is 0 Å². The molecule has 0 bridgehead atoms. The van der Waals surface area contributed by atoms with E-state index in [1.165, 1.54) is 6.20 Å². The molecule has 0 fully saturated rings. The van der Waals surface area contributed by atoms with Crippen LogP contribution in [0, 0.1) is 4.91 Å². The van der Waals surface area contributed by atoms with Gasteiger partial charge in [0.25, 0.3) is 0 Å². The van der Waals surface area contributed by atoms with Gasteiger partial charge >= 0.3 is 0 Å². The lowest BCUT2D eigenvalue weighted by Gasteiger charge is -1.50. The molecule has 5 heavy (non-hydrogen) atoms. The van der Waals surface area contributed by atoms with E-state index >= 15 is 0 Å². The van der Waals surface area contributed by atoms with Crippen LogP contribution >= 0.6 is 0 Å². The molecule has 0 aromatic rings. The van der Waals surface area contributed by atoms with E-state index < -0.39 is 0 Å².